The minimum absolute atomic E-state index is 0.267. The summed E-state index contributed by atoms with van der Waals surface area (Å²) in [5, 5.41) is 27.5. The topological polar surface area (TPSA) is 88.4 Å². The van der Waals surface area contributed by atoms with E-state index in [1.165, 1.54) is 7.11 Å². The van der Waals surface area contributed by atoms with Gasteiger partial charge in [0.25, 0.3) is 0 Å². The molecule has 1 aliphatic heterocycles. The molecule has 6 heteroatoms. The maximum absolute atomic E-state index is 9.41. The second-order valence-corrected chi connectivity index (χ2v) is 3.07. The zero-order valence-electron chi connectivity index (χ0n) is 8.00. The molecule has 4 atom stereocenters. The van der Waals surface area contributed by atoms with Crippen LogP contribution < -0.4 is 0 Å². The van der Waals surface area contributed by atoms with Crippen molar-refractivity contribution >= 4 is 0 Å². The van der Waals surface area contributed by atoms with Crippen LogP contribution in [-0.4, -0.2) is 66.9 Å². The average Bonchev–Trinajstić information content (AvgIpc) is 2.46. The highest BCUT2D eigenvalue weighted by Crippen LogP contribution is 2.21. The first-order chi connectivity index (χ1) is 6.70. The molecule has 0 aliphatic carbocycles. The fraction of sp³-hybridized carbons (Fsp3) is 1.00. The van der Waals surface area contributed by atoms with Gasteiger partial charge in [-0.1, -0.05) is 0 Å². The number of ether oxygens (including phenoxy) is 3. The third-order valence-corrected chi connectivity index (χ3v) is 2.07. The summed E-state index contributed by atoms with van der Waals surface area (Å²) in [5.74, 6) is 0. The molecule has 0 bridgehead atoms. The number of hydrogen-bond acceptors (Lipinski definition) is 6. The van der Waals surface area contributed by atoms with E-state index in [1.807, 2.05) is 0 Å². The third-order valence-electron chi connectivity index (χ3n) is 2.07. The van der Waals surface area contributed by atoms with Gasteiger partial charge in [-0.3, -0.25) is 0 Å². The number of aliphatic hydroxyl groups is 3. The van der Waals surface area contributed by atoms with Gasteiger partial charge in [0, 0.05) is 7.11 Å². The van der Waals surface area contributed by atoms with Gasteiger partial charge in [-0.05, 0) is 0 Å². The summed E-state index contributed by atoms with van der Waals surface area (Å²) in [5.41, 5.74) is 0. The van der Waals surface area contributed by atoms with Crippen molar-refractivity contribution in [2.24, 2.45) is 0 Å². The first-order valence-electron chi connectivity index (χ1n) is 4.43. The molecule has 14 heavy (non-hydrogen) atoms. The number of rotatable bonds is 5. The van der Waals surface area contributed by atoms with Crippen molar-refractivity contribution in [3.63, 3.8) is 0 Å². The molecule has 0 saturated carbocycles. The molecule has 0 aromatic rings. The van der Waals surface area contributed by atoms with E-state index in [2.05, 4.69) is 0 Å². The van der Waals surface area contributed by atoms with Gasteiger partial charge in [-0.25, -0.2) is 0 Å². The van der Waals surface area contributed by atoms with Crippen molar-refractivity contribution in [1.29, 1.82) is 0 Å². The molecule has 1 rings (SSSR count). The van der Waals surface area contributed by atoms with Gasteiger partial charge < -0.3 is 29.5 Å². The Bertz CT molecular complexity index is 164. The second-order valence-electron chi connectivity index (χ2n) is 3.07. The Morgan fingerprint density at radius 2 is 1.93 bits per heavy atom. The zero-order valence-corrected chi connectivity index (χ0v) is 8.00. The lowest BCUT2D eigenvalue weighted by Crippen LogP contribution is -2.34. The van der Waals surface area contributed by atoms with Gasteiger partial charge in [-0.15, -0.1) is 0 Å². The predicted molar refractivity (Wildman–Crippen MR) is 45.6 cm³/mol. The highest BCUT2D eigenvalue weighted by molar-refractivity contribution is 4.86. The number of methoxy groups -OCH3 is 1. The summed E-state index contributed by atoms with van der Waals surface area (Å²) in [7, 11) is 1.53. The molecule has 0 spiro atoms. The lowest BCUT2D eigenvalue weighted by Gasteiger charge is -2.14. The van der Waals surface area contributed by atoms with Crippen LogP contribution in [-0.2, 0) is 14.2 Å². The third kappa shape index (κ3) is 2.63. The van der Waals surface area contributed by atoms with Crippen LogP contribution in [0.1, 0.15) is 0 Å². The molecule has 3 N–H and O–H groups in total. The summed E-state index contributed by atoms with van der Waals surface area (Å²) in [6.45, 7) is 0.303. The van der Waals surface area contributed by atoms with Gasteiger partial charge >= 0.3 is 0 Å². The van der Waals surface area contributed by atoms with Crippen LogP contribution in [0, 0.1) is 0 Å². The van der Waals surface area contributed by atoms with Crippen molar-refractivity contribution in [3.05, 3.63) is 0 Å². The summed E-state index contributed by atoms with van der Waals surface area (Å²) >= 11 is 0. The lowest BCUT2D eigenvalue weighted by molar-refractivity contribution is -0.174. The average molecular weight is 208 g/mol. The van der Waals surface area contributed by atoms with Crippen molar-refractivity contribution in [2.75, 3.05) is 26.9 Å². The molecule has 84 valence electrons. The lowest BCUT2D eigenvalue weighted by atomic mass is 10.1. The molecule has 1 heterocycles. The van der Waals surface area contributed by atoms with E-state index in [1.54, 1.807) is 0 Å². The van der Waals surface area contributed by atoms with E-state index in [0.717, 1.165) is 0 Å². The van der Waals surface area contributed by atoms with Crippen LogP contribution in [0.3, 0.4) is 0 Å². The maximum atomic E-state index is 9.41. The fourth-order valence-corrected chi connectivity index (χ4v) is 1.25. The van der Waals surface area contributed by atoms with Gasteiger partial charge in [0.1, 0.15) is 18.3 Å². The van der Waals surface area contributed by atoms with Crippen molar-refractivity contribution in [1.82, 2.24) is 0 Å². The Balaban J connectivity index is 2.32. The monoisotopic (exact) mass is 208 g/mol. The molecular formula is C8H16O6. The van der Waals surface area contributed by atoms with Crippen molar-refractivity contribution in [3.8, 4) is 0 Å². The van der Waals surface area contributed by atoms with Crippen molar-refractivity contribution in [2.45, 2.75) is 24.6 Å². The number of hydrogen-bond donors (Lipinski definition) is 3. The predicted octanol–water partition coefficient (Wildman–Crippen LogP) is -1.91. The second kappa shape index (κ2) is 5.59. The first-order valence-corrected chi connectivity index (χ1v) is 4.43. The van der Waals surface area contributed by atoms with E-state index in [-0.39, 0.29) is 13.2 Å². The first kappa shape index (κ1) is 11.8. The molecule has 1 saturated heterocycles. The zero-order chi connectivity index (χ0) is 10.6. The van der Waals surface area contributed by atoms with E-state index >= 15 is 0 Å². The van der Waals surface area contributed by atoms with E-state index in [4.69, 9.17) is 19.3 Å². The quantitative estimate of drug-likeness (QED) is 0.457. The highest BCUT2D eigenvalue weighted by Gasteiger charge is 2.42. The minimum Gasteiger partial charge on any atom is -0.394 e. The normalized spacial score (nSPS) is 37.7. The Morgan fingerprint density at radius 3 is 2.43 bits per heavy atom. The number of aliphatic hydroxyl groups excluding tert-OH is 3. The Hall–Kier alpha value is -0.240. The summed E-state index contributed by atoms with van der Waals surface area (Å²) in [6.07, 6.45) is -3.90. The van der Waals surface area contributed by atoms with Crippen LogP contribution in [0.25, 0.3) is 0 Å². The van der Waals surface area contributed by atoms with Gasteiger partial charge in [0.15, 0.2) is 6.29 Å². The van der Waals surface area contributed by atoms with Crippen LogP contribution in [0.4, 0.5) is 0 Å². The van der Waals surface area contributed by atoms with E-state index in [9.17, 15) is 10.2 Å². The smallest absolute Gasteiger partial charge is 0.186 e. The van der Waals surface area contributed by atoms with E-state index < -0.39 is 24.6 Å². The Labute approximate surface area is 82.0 Å². The summed E-state index contributed by atoms with van der Waals surface area (Å²) < 4.78 is 14.9. The molecule has 6 nitrogen and oxygen atoms in total. The highest BCUT2D eigenvalue weighted by atomic mass is 16.7. The molecule has 0 radical (unpaired) electrons. The van der Waals surface area contributed by atoms with Crippen LogP contribution in [0.5, 0.6) is 0 Å². The molecule has 1 unspecified atom stereocenters. The minimum atomic E-state index is -1.12. The van der Waals surface area contributed by atoms with Crippen LogP contribution in [0.15, 0.2) is 0 Å². The Morgan fingerprint density at radius 1 is 1.21 bits per heavy atom. The molecule has 0 aromatic heterocycles. The molecule has 0 aromatic carbocycles. The van der Waals surface area contributed by atoms with Crippen LogP contribution in [0.2, 0.25) is 0 Å². The molecule has 1 fully saturated rings. The molecule has 0 amide bonds. The van der Waals surface area contributed by atoms with Gasteiger partial charge in [-0.2, -0.15) is 0 Å². The standard InChI is InChI=1S/C8H16O6/c1-12-2-3-13-8-7(11)6(10)5(4-9)14-8/h5-11H,2-4H2,1H3/t5-,6-,7-,8?/m1/s1. The summed E-state index contributed by atoms with van der Waals surface area (Å²) in [6, 6.07) is 0. The van der Waals surface area contributed by atoms with Gasteiger partial charge in [0.2, 0.25) is 0 Å². The largest absolute Gasteiger partial charge is 0.394 e. The fourth-order valence-electron chi connectivity index (χ4n) is 1.25. The van der Waals surface area contributed by atoms with Crippen molar-refractivity contribution < 1.29 is 29.5 Å². The maximum Gasteiger partial charge on any atom is 0.186 e. The SMILES string of the molecule is COCCOC1O[C@H](CO)[C@@H](O)[C@H]1O. The molecule has 1 aliphatic rings. The Kier molecular flexibility index (Phi) is 4.73. The summed E-state index contributed by atoms with van der Waals surface area (Å²) in [4.78, 5) is 0. The van der Waals surface area contributed by atoms with Gasteiger partial charge in [0.05, 0.1) is 19.8 Å². The van der Waals surface area contributed by atoms with E-state index in [0.29, 0.717) is 6.61 Å². The van der Waals surface area contributed by atoms with Crippen LogP contribution >= 0.6 is 0 Å². The molecular weight excluding hydrogens is 192 g/mol.